The van der Waals surface area contributed by atoms with Gasteiger partial charge < -0.3 is 14.7 Å². The molecule has 0 fully saturated rings. The van der Waals surface area contributed by atoms with Gasteiger partial charge in [-0.15, -0.1) is 0 Å². The molecular weight excluding hydrogens is 415 g/mol. The van der Waals surface area contributed by atoms with Gasteiger partial charge in [0.15, 0.2) is 5.82 Å². The fourth-order valence-corrected chi connectivity index (χ4v) is 3.15. The smallest absolute Gasteiger partial charge is 0.269 e. The molecule has 3 aromatic rings. The van der Waals surface area contributed by atoms with Crippen molar-refractivity contribution in [3.05, 3.63) is 70.0 Å². The van der Waals surface area contributed by atoms with E-state index in [0.29, 0.717) is 46.9 Å². The zero-order valence-corrected chi connectivity index (χ0v) is 16.7. The van der Waals surface area contributed by atoms with Crippen molar-refractivity contribution in [3.8, 4) is 11.5 Å². The third-order valence-electron chi connectivity index (χ3n) is 4.31. The number of amides is 1. The molecule has 0 bridgehead atoms. The Labute approximate surface area is 176 Å². The Kier molecular flexibility index (Phi) is 5.78. The number of carbonyl (C=O) groups excluding carboxylic acids is 1. The zero-order chi connectivity index (χ0) is 20.2. The van der Waals surface area contributed by atoms with Crippen LogP contribution in [0.1, 0.15) is 17.8 Å². The van der Waals surface area contributed by atoms with Crippen molar-refractivity contribution in [1.29, 1.82) is 0 Å². The first-order valence-electron chi connectivity index (χ1n) is 8.90. The summed E-state index contributed by atoms with van der Waals surface area (Å²) in [6.07, 6.45) is 0.422. The standard InChI is InChI=1S/C20H16Cl2N4O3/c21-14-6-4-12(5-7-14)11-23-19(27)17-9-16(28-25-17)10-18-24-20(29-26-18)13-2-1-3-15(22)8-13/h1-8,16H,9-11H2,(H,23,27)/t16-/m0/s1. The van der Waals surface area contributed by atoms with Gasteiger partial charge in [0, 0.05) is 28.6 Å². The second kappa shape index (κ2) is 8.63. The molecule has 2 heterocycles. The van der Waals surface area contributed by atoms with Crippen molar-refractivity contribution in [1.82, 2.24) is 15.5 Å². The number of benzene rings is 2. The largest absolute Gasteiger partial charge is 0.391 e. The highest BCUT2D eigenvalue weighted by molar-refractivity contribution is 6.39. The van der Waals surface area contributed by atoms with E-state index in [-0.39, 0.29) is 12.0 Å². The molecule has 148 valence electrons. The van der Waals surface area contributed by atoms with E-state index in [1.165, 1.54) is 0 Å². The summed E-state index contributed by atoms with van der Waals surface area (Å²) in [5.41, 5.74) is 2.02. The molecule has 1 aromatic heterocycles. The second-order valence-electron chi connectivity index (χ2n) is 6.51. The first-order valence-corrected chi connectivity index (χ1v) is 9.66. The van der Waals surface area contributed by atoms with Crippen molar-refractivity contribution in [2.45, 2.75) is 25.5 Å². The van der Waals surface area contributed by atoms with Crippen molar-refractivity contribution in [2.24, 2.45) is 5.16 Å². The summed E-state index contributed by atoms with van der Waals surface area (Å²) < 4.78 is 5.28. The summed E-state index contributed by atoms with van der Waals surface area (Å²) in [5, 5.41) is 11.9. The normalized spacial score (nSPS) is 15.7. The third kappa shape index (κ3) is 4.93. The maximum atomic E-state index is 12.3. The molecule has 1 aliphatic rings. The van der Waals surface area contributed by atoms with Crippen LogP contribution in [0.3, 0.4) is 0 Å². The lowest BCUT2D eigenvalue weighted by Gasteiger charge is -2.05. The van der Waals surface area contributed by atoms with Crippen LogP contribution in [0.2, 0.25) is 10.0 Å². The summed E-state index contributed by atoms with van der Waals surface area (Å²) in [6, 6.07) is 14.4. The highest BCUT2D eigenvalue weighted by Crippen LogP contribution is 2.22. The predicted molar refractivity (Wildman–Crippen MR) is 109 cm³/mol. The van der Waals surface area contributed by atoms with E-state index >= 15 is 0 Å². The van der Waals surface area contributed by atoms with Gasteiger partial charge in [0.1, 0.15) is 11.8 Å². The van der Waals surface area contributed by atoms with Gasteiger partial charge in [-0.2, -0.15) is 4.98 Å². The van der Waals surface area contributed by atoms with Crippen LogP contribution in [0, 0.1) is 0 Å². The van der Waals surface area contributed by atoms with E-state index in [2.05, 4.69) is 20.6 Å². The van der Waals surface area contributed by atoms with Crippen LogP contribution in [0.4, 0.5) is 0 Å². The minimum absolute atomic E-state index is 0.268. The molecule has 2 aromatic carbocycles. The molecule has 0 radical (unpaired) electrons. The van der Waals surface area contributed by atoms with Crippen LogP contribution >= 0.6 is 23.2 Å². The van der Waals surface area contributed by atoms with E-state index in [1.54, 1.807) is 24.3 Å². The van der Waals surface area contributed by atoms with Crippen LogP contribution in [0.25, 0.3) is 11.5 Å². The van der Waals surface area contributed by atoms with Crippen LogP contribution in [-0.4, -0.2) is 27.9 Å². The Balaban J connectivity index is 1.29. The average Bonchev–Trinajstić information content (AvgIpc) is 3.38. The Bertz CT molecular complexity index is 1050. The van der Waals surface area contributed by atoms with Crippen LogP contribution in [0.5, 0.6) is 0 Å². The number of oxime groups is 1. The lowest BCUT2D eigenvalue weighted by molar-refractivity contribution is -0.115. The summed E-state index contributed by atoms with van der Waals surface area (Å²) in [4.78, 5) is 22.0. The Morgan fingerprint density at radius 1 is 1.14 bits per heavy atom. The number of nitrogens with zero attached hydrogens (tertiary/aromatic N) is 3. The number of halogens is 2. The van der Waals surface area contributed by atoms with Gasteiger partial charge in [-0.25, -0.2) is 0 Å². The number of rotatable bonds is 6. The summed E-state index contributed by atoms with van der Waals surface area (Å²) in [5.74, 6) is 0.584. The number of hydrogen-bond donors (Lipinski definition) is 1. The first-order chi connectivity index (χ1) is 14.1. The molecule has 0 saturated carbocycles. The zero-order valence-electron chi connectivity index (χ0n) is 15.1. The van der Waals surface area contributed by atoms with Crippen LogP contribution in [0.15, 0.2) is 58.2 Å². The Morgan fingerprint density at radius 2 is 1.97 bits per heavy atom. The van der Waals surface area contributed by atoms with Crippen LogP contribution in [-0.2, 0) is 22.6 Å². The number of hydrogen-bond acceptors (Lipinski definition) is 6. The topological polar surface area (TPSA) is 89.6 Å². The minimum Gasteiger partial charge on any atom is -0.391 e. The van der Waals surface area contributed by atoms with Gasteiger partial charge >= 0.3 is 0 Å². The van der Waals surface area contributed by atoms with Gasteiger partial charge in [-0.05, 0) is 35.9 Å². The molecular formula is C20H16Cl2N4O3. The maximum absolute atomic E-state index is 12.3. The van der Waals surface area contributed by atoms with Gasteiger partial charge in [-0.3, -0.25) is 4.79 Å². The fourth-order valence-electron chi connectivity index (χ4n) is 2.84. The summed E-state index contributed by atoms with van der Waals surface area (Å²) in [6.45, 7) is 0.382. The quantitative estimate of drug-likeness (QED) is 0.636. The molecule has 9 heteroatoms. The van der Waals surface area contributed by atoms with Crippen LogP contribution < -0.4 is 5.32 Å². The Morgan fingerprint density at radius 3 is 2.76 bits per heavy atom. The van der Waals surface area contributed by atoms with E-state index in [1.807, 2.05) is 24.3 Å². The summed E-state index contributed by atoms with van der Waals surface area (Å²) >= 11 is 11.8. The molecule has 4 rings (SSSR count). The molecule has 0 spiro atoms. The van der Waals surface area contributed by atoms with Gasteiger partial charge in [0.25, 0.3) is 11.8 Å². The van der Waals surface area contributed by atoms with Gasteiger partial charge in [0.2, 0.25) is 0 Å². The number of aromatic nitrogens is 2. The lowest BCUT2D eigenvalue weighted by atomic mass is 10.1. The molecule has 1 N–H and O–H groups in total. The molecule has 1 atom stereocenters. The second-order valence-corrected chi connectivity index (χ2v) is 7.38. The van der Waals surface area contributed by atoms with E-state index < -0.39 is 0 Å². The fraction of sp³-hybridized carbons (Fsp3) is 0.200. The Hall–Kier alpha value is -2.90. The SMILES string of the molecule is O=C(NCc1ccc(Cl)cc1)C1=NO[C@H](Cc2noc(-c3cccc(Cl)c3)n2)C1. The van der Waals surface area contributed by atoms with E-state index in [9.17, 15) is 4.79 Å². The van der Waals surface area contributed by atoms with Crippen molar-refractivity contribution < 1.29 is 14.2 Å². The molecule has 7 nitrogen and oxygen atoms in total. The summed E-state index contributed by atoms with van der Waals surface area (Å²) in [7, 11) is 0. The number of nitrogens with one attached hydrogen (secondary N) is 1. The monoisotopic (exact) mass is 430 g/mol. The maximum Gasteiger partial charge on any atom is 0.269 e. The third-order valence-corrected chi connectivity index (χ3v) is 4.80. The van der Waals surface area contributed by atoms with Gasteiger partial charge in [-0.1, -0.05) is 51.7 Å². The average molecular weight is 431 g/mol. The number of carbonyl (C=O) groups is 1. The molecule has 0 unspecified atom stereocenters. The highest BCUT2D eigenvalue weighted by Gasteiger charge is 2.27. The highest BCUT2D eigenvalue weighted by atomic mass is 35.5. The molecule has 1 aliphatic heterocycles. The van der Waals surface area contributed by atoms with Crippen molar-refractivity contribution in [3.63, 3.8) is 0 Å². The van der Waals surface area contributed by atoms with E-state index in [4.69, 9.17) is 32.6 Å². The molecule has 29 heavy (non-hydrogen) atoms. The van der Waals surface area contributed by atoms with Gasteiger partial charge in [0.05, 0.1) is 6.42 Å². The van der Waals surface area contributed by atoms with Crippen molar-refractivity contribution in [2.75, 3.05) is 0 Å². The van der Waals surface area contributed by atoms with Crippen molar-refractivity contribution >= 4 is 34.8 Å². The first kappa shape index (κ1) is 19.4. The molecule has 0 aliphatic carbocycles. The minimum atomic E-state index is -0.323. The molecule has 0 saturated heterocycles. The van der Waals surface area contributed by atoms with E-state index in [0.717, 1.165) is 11.1 Å². The lowest BCUT2D eigenvalue weighted by Crippen LogP contribution is -2.30. The molecule has 1 amide bonds. The predicted octanol–water partition coefficient (Wildman–Crippen LogP) is 4.05.